The van der Waals surface area contributed by atoms with E-state index in [9.17, 15) is 4.79 Å². The molecule has 0 aliphatic rings. The molecule has 0 aliphatic heterocycles. The van der Waals surface area contributed by atoms with Crippen molar-refractivity contribution in [2.45, 2.75) is 56.6 Å². The van der Waals surface area contributed by atoms with E-state index in [1.54, 1.807) is 13.8 Å². The Kier molecular flexibility index (Phi) is 4.63. The van der Waals surface area contributed by atoms with Crippen molar-refractivity contribution in [2.75, 3.05) is 0 Å². The van der Waals surface area contributed by atoms with Gasteiger partial charge in [-0.15, -0.1) is 22.0 Å². The maximum absolute atomic E-state index is 10.9. The van der Waals surface area contributed by atoms with Crippen LogP contribution in [0.1, 0.15) is 46.4 Å². The van der Waals surface area contributed by atoms with Crippen molar-refractivity contribution in [3.63, 3.8) is 0 Å². The second kappa shape index (κ2) is 5.50. The number of hydrogen-bond donors (Lipinski definition) is 2. The van der Waals surface area contributed by atoms with Crippen LogP contribution in [-0.2, 0) is 16.0 Å². The van der Waals surface area contributed by atoms with Gasteiger partial charge < -0.3 is 15.3 Å². The van der Waals surface area contributed by atoms with Crippen LogP contribution in [0, 0.1) is 0 Å². The number of hydrogen-bond acceptors (Lipinski definition) is 6. The number of aliphatic carboxylic acids is 1. The number of nitrogens with zero attached hydrogens (tertiary/aromatic N) is 2. The first-order valence-electron chi connectivity index (χ1n) is 5.99. The molecule has 0 saturated carbocycles. The Morgan fingerprint density at radius 2 is 1.95 bits per heavy atom. The number of carbonyl (C=O) groups is 1. The van der Waals surface area contributed by atoms with Gasteiger partial charge in [0.1, 0.15) is 6.04 Å². The number of rotatable bonds is 5. The highest BCUT2D eigenvalue weighted by Crippen LogP contribution is 2.31. The first-order chi connectivity index (χ1) is 8.54. The standard InChI is InChI=1S/C12H21N3O3S/c1-11(2,3)10-15-14-7(18-10)6-19-12(4,5)8(13)9(16)17/h8H,6,13H2,1-5H3,(H,16,17)/t8-/m1/s1. The van der Waals surface area contributed by atoms with Crippen molar-refractivity contribution in [1.82, 2.24) is 10.2 Å². The number of carboxylic acid groups (broad SMARTS) is 1. The summed E-state index contributed by atoms with van der Waals surface area (Å²) in [6, 6.07) is -0.942. The van der Waals surface area contributed by atoms with Gasteiger partial charge in [-0.3, -0.25) is 4.79 Å². The third-order valence-corrected chi connectivity index (χ3v) is 4.08. The number of nitrogens with two attached hydrogens (primary N) is 1. The van der Waals surface area contributed by atoms with Gasteiger partial charge in [0.25, 0.3) is 0 Å². The Morgan fingerprint density at radius 3 is 2.37 bits per heavy atom. The van der Waals surface area contributed by atoms with Crippen LogP contribution in [0.15, 0.2) is 4.42 Å². The summed E-state index contributed by atoms with van der Waals surface area (Å²) >= 11 is 1.39. The molecule has 19 heavy (non-hydrogen) atoms. The molecule has 7 heteroatoms. The summed E-state index contributed by atoms with van der Waals surface area (Å²) in [5.74, 6) is 0.485. The van der Waals surface area contributed by atoms with E-state index in [1.807, 2.05) is 20.8 Å². The predicted octanol–water partition coefficient (Wildman–Crippen LogP) is 1.79. The monoisotopic (exact) mass is 287 g/mol. The molecule has 0 radical (unpaired) electrons. The number of carboxylic acids is 1. The molecule has 1 heterocycles. The molecule has 3 N–H and O–H groups in total. The molecule has 1 aromatic heterocycles. The van der Waals surface area contributed by atoms with Crippen LogP contribution in [-0.4, -0.2) is 32.1 Å². The molecular weight excluding hydrogens is 266 g/mol. The van der Waals surface area contributed by atoms with Crippen molar-refractivity contribution >= 4 is 17.7 Å². The average Bonchev–Trinajstić information content (AvgIpc) is 2.73. The van der Waals surface area contributed by atoms with E-state index in [1.165, 1.54) is 11.8 Å². The second-order valence-corrected chi connectivity index (χ2v) is 7.59. The molecular formula is C12H21N3O3S. The Labute approximate surface area is 117 Å². The highest BCUT2D eigenvalue weighted by atomic mass is 32.2. The van der Waals surface area contributed by atoms with E-state index in [-0.39, 0.29) is 5.41 Å². The van der Waals surface area contributed by atoms with Crippen molar-refractivity contribution in [2.24, 2.45) is 5.73 Å². The van der Waals surface area contributed by atoms with Gasteiger partial charge in [0.05, 0.1) is 5.75 Å². The van der Waals surface area contributed by atoms with Crippen LogP contribution in [0.25, 0.3) is 0 Å². The molecule has 0 unspecified atom stereocenters. The van der Waals surface area contributed by atoms with Crippen molar-refractivity contribution in [1.29, 1.82) is 0 Å². The summed E-state index contributed by atoms with van der Waals surface area (Å²) < 4.78 is 4.94. The van der Waals surface area contributed by atoms with E-state index < -0.39 is 16.8 Å². The fourth-order valence-electron chi connectivity index (χ4n) is 1.25. The molecule has 0 spiro atoms. The molecule has 1 rings (SSSR count). The Hall–Kier alpha value is -1.08. The molecule has 6 nitrogen and oxygen atoms in total. The van der Waals surface area contributed by atoms with Crippen molar-refractivity contribution in [3.05, 3.63) is 11.8 Å². The quantitative estimate of drug-likeness (QED) is 0.851. The zero-order valence-electron chi connectivity index (χ0n) is 11.9. The third-order valence-electron chi connectivity index (χ3n) is 2.69. The molecule has 0 bridgehead atoms. The van der Waals surface area contributed by atoms with E-state index in [0.717, 1.165) is 0 Å². The molecule has 0 saturated heterocycles. The molecule has 0 aliphatic carbocycles. The molecule has 1 aromatic rings. The van der Waals surface area contributed by atoms with Gasteiger partial charge in [-0.1, -0.05) is 20.8 Å². The fourth-order valence-corrected chi connectivity index (χ4v) is 2.14. The summed E-state index contributed by atoms with van der Waals surface area (Å²) in [4.78, 5) is 10.9. The molecule has 0 aromatic carbocycles. The van der Waals surface area contributed by atoms with Gasteiger partial charge in [-0.05, 0) is 13.8 Å². The molecule has 1 atom stereocenters. The Balaban J connectivity index is 2.67. The zero-order chi connectivity index (χ0) is 14.8. The minimum absolute atomic E-state index is 0.192. The van der Waals surface area contributed by atoms with Gasteiger partial charge in [0.15, 0.2) is 0 Å². The van der Waals surface area contributed by atoms with Crippen LogP contribution in [0.3, 0.4) is 0 Å². The minimum atomic E-state index is -1.02. The van der Waals surface area contributed by atoms with Crippen LogP contribution in [0.5, 0.6) is 0 Å². The van der Waals surface area contributed by atoms with E-state index in [2.05, 4.69) is 10.2 Å². The summed E-state index contributed by atoms with van der Waals surface area (Å²) in [5, 5.41) is 16.9. The lowest BCUT2D eigenvalue weighted by molar-refractivity contribution is -0.139. The van der Waals surface area contributed by atoms with E-state index in [0.29, 0.717) is 17.5 Å². The predicted molar refractivity (Wildman–Crippen MR) is 74.0 cm³/mol. The lowest BCUT2D eigenvalue weighted by Gasteiger charge is -2.27. The van der Waals surface area contributed by atoms with Crippen LogP contribution in [0.2, 0.25) is 0 Å². The Morgan fingerprint density at radius 1 is 1.37 bits per heavy atom. The van der Waals surface area contributed by atoms with Crippen LogP contribution < -0.4 is 5.73 Å². The summed E-state index contributed by atoms with van der Waals surface area (Å²) in [7, 11) is 0. The smallest absolute Gasteiger partial charge is 0.321 e. The lowest BCUT2D eigenvalue weighted by Crippen LogP contribution is -2.46. The maximum atomic E-state index is 10.9. The van der Waals surface area contributed by atoms with Gasteiger partial charge in [0.2, 0.25) is 11.8 Å². The van der Waals surface area contributed by atoms with Gasteiger partial charge in [0, 0.05) is 10.2 Å². The SMILES string of the molecule is CC(C)(C)c1nnc(CSC(C)(C)[C@H](N)C(=O)O)o1. The lowest BCUT2D eigenvalue weighted by atomic mass is 9.97. The second-order valence-electron chi connectivity index (χ2n) is 5.96. The first-order valence-corrected chi connectivity index (χ1v) is 6.98. The van der Waals surface area contributed by atoms with E-state index >= 15 is 0 Å². The van der Waals surface area contributed by atoms with E-state index in [4.69, 9.17) is 15.3 Å². The summed E-state index contributed by atoms with van der Waals surface area (Å²) in [6.07, 6.45) is 0. The minimum Gasteiger partial charge on any atom is -0.480 e. The average molecular weight is 287 g/mol. The zero-order valence-corrected chi connectivity index (χ0v) is 12.7. The highest BCUT2D eigenvalue weighted by molar-refractivity contribution is 7.99. The molecule has 0 amide bonds. The van der Waals surface area contributed by atoms with Crippen LogP contribution in [0.4, 0.5) is 0 Å². The van der Waals surface area contributed by atoms with Crippen LogP contribution >= 0.6 is 11.8 Å². The fraction of sp³-hybridized carbons (Fsp3) is 0.750. The largest absolute Gasteiger partial charge is 0.480 e. The van der Waals surface area contributed by atoms with Gasteiger partial charge in [-0.25, -0.2) is 0 Å². The van der Waals surface area contributed by atoms with Crippen molar-refractivity contribution < 1.29 is 14.3 Å². The highest BCUT2D eigenvalue weighted by Gasteiger charge is 2.33. The Bertz CT molecular complexity index is 451. The first kappa shape index (κ1) is 16.0. The van der Waals surface area contributed by atoms with Gasteiger partial charge in [-0.2, -0.15) is 0 Å². The number of aromatic nitrogens is 2. The topological polar surface area (TPSA) is 102 Å². The maximum Gasteiger partial charge on any atom is 0.321 e. The molecule has 108 valence electrons. The molecule has 0 fully saturated rings. The summed E-state index contributed by atoms with van der Waals surface area (Å²) in [6.45, 7) is 9.54. The normalized spacial score (nSPS) is 14.4. The third kappa shape index (κ3) is 4.21. The summed E-state index contributed by atoms with van der Waals surface area (Å²) in [5.41, 5.74) is 5.45. The number of thioether (sulfide) groups is 1. The van der Waals surface area contributed by atoms with Gasteiger partial charge >= 0.3 is 5.97 Å². The van der Waals surface area contributed by atoms with Crippen molar-refractivity contribution in [3.8, 4) is 0 Å².